The quantitative estimate of drug-likeness (QED) is 0.891. The predicted octanol–water partition coefficient (Wildman–Crippen LogP) is 2.52. The fourth-order valence-corrected chi connectivity index (χ4v) is 1.51. The molecule has 0 unspecified atom stereocenters. The fourth-order valence-electron chi connectivity index (χ4n) is 1.23. The van der Waals surface area contributed by atoms with E-state index in [-0.39, 0.29) is 16.2 Å². The Bertz CT molecular complexity index is 393. The van der Waals surface area contributed by atoms with Crippen LogP contribution in [-0.4, -0.2) is 16.1 Å². The van der Waals surface area contributed by atoms with Crippen molar-refractivity contribution in [2.24, 2.45) is 5.92 Å². The monoisotopic (exact) mass is 245 g/mol. The van der Waals surface area contributed by atoms with Crippen LogP contribution >= 0.6 is 23.2 Å². The highest BCUT2D eigenvalue weighted by Crippen LogP contribution is 2.32. The van der Waals surface area contributed by atoms with E-state index in [0.717, 1.165) is 12.8 Å². The van der Waals surface area contributed by atoms with Crippen LogP contribution in [0, 0.1) is 5.92 Å². The summed E-state index contributed by atoms with van der Waals surface area (Å²) in [6.07, 6.45) is 2.81. The third-order valence-corrected chi connectivity index (χ3v) is 2.63. The highest BCUT2D eigenvalue weighted by Gasteiger charge is 2.24. The highest BCUT2D eigenvalue weighted by atomic mass is 35.5. The van der Waals surface area contributed by atoms with E-state index in [4.69, 9.17) is 23.2 Å². The minimum Gasteiger partial charge on any atom is -0.323 e. The number of nitrogens with one attached hydrogen (secondary N) is 1. The third-order valence-electron chi connectivity index (χ3n) is 2.16. The van der Waals surface area contributed by atoms with Crippen molar-refractivity contribution in [1.82, 2.24) is 10.2 Å². The first-order valence-electron chi connectivity index (χ1n) is 4.63. The van der Waals surface area contributed by atoms with Crippen LogP contribution in [0.1, 0.15) is 19.3 Å². The number of halogens is 2. The van der Waals surface area contributed by atoms with Crippen LogP contribution < -0.4 is 5.32 Å². The van der Waals surface area contributed by atoms with Gasteiger partial charge in [-0.25, -0.2) is 0 Å². The van der Waals surface area contributed by atoms with Gasteiger partial charge in [-0.1, -0.05) is 23.2 Å². The van der Waals surface area contributed by atoms with Crippen LogP contribution in [0.5, 0.6) is 0 Å². The Morgan fingerprint density at radius 1 is 1.47 bits per heavy atom. The van der Waals surface area contributed by atoms with Crippen LogP contribution in [-0.2, 0) is 4.79 Å². The number of anilines is 1. The second-order valence-electron chi connectivity index (χ2n) is 3.57. The maximum atomic E-state index is 11.5. The molecule has 1 N–H and O–H groups in total. The lowest BCUT2D eigenvalue weighted by Gasteiger charge is -2.05. The van der Waals surface area contributed by atoms with Crippen molar-refractivity contribution in [3.05, 3.63) is 16.4 Å². The Balaban J connectivity index is 2.01. The molecule has 0 aromatic carbocycles. The SMILES string of the molecule is O=C(CC1CC1)Nc1cc(Cl)nnc1Cl. The molecule has 0 bridgehead atoms. The number of carbonyl (C=O) groups excluding carboxylic acids is 1. The molecule has 6 heteroatoms. The smallest absolute Gasteiger partial charge is 0.224 e. The molecule has 1 heterocycles. The van der Waals surface area contributed by atoms with Crippen molar-refractivity contribution < 1.29 is 4.79 Å². The summed E-state index contributed by atoms with van der Waals surface area (Å²) in [5.41, 5.74) is 0.419. The zero-order valence-corrected chi connectivity index (χ0v) is 9.35. The molecule has 1 fully saturated rings. The van der Waals surface area contributed by atoms with Crippen molar-refractivity contribution >= 4 is 34.8 Å². The van der Waals surface area contributed by atoms with Crippen LogP contribution in [0.4, 0.5) is 5.69 Å². The topological polar surface area (TPSA) is 54.9 Å². The average molecular weight is 246 g/mol. The fraction of sp³-hybridized carbons (Fsp3) is 0.444. The van der Waals surface area contributed by atoms with Crippen molar-refractivity contribution in [1.29, 1.82) is 0 Å². The van der Waals surface area contributed by atoms with Gasteiger partial charge in [0, 0.05) is 12.5 Å². The van der Waals surface area contributed by atoms with Gasteiger partial charge in [0.15, 0.2) is 10.3 Å². The molecule has 1 aromatic heterocycles. The summed E-state index contributed by atoms with van der Waals surface area (Å²) in [7, 11) is 0. The van der Waals surface area contributed by atoms with E-state index in [9.17, 15) is 4.79 Å². The van der Waals surface area contributed by atoms with Crippen LogP contribution in [0.25, 0.3) is 0 Å². The number of nitrogens with zero attached hydrogens (tertiary/aromatic N) is 2. The van der Waals surface area contributed by atoms with E-state index in [1.807, 2.05) is 0 Å². The Morgan fingerprint density at radius 3 is 2.87 bits per heavy atom. The summed E-state index contributed by atoms with van der Waals surface area (Å²) in [5, 5.41) is 10.2. The number of hydrogen-bond acceptors (Lipinski definition) is 3. The molecular weight excluding hydrogens is 237 g/mol. The van der Waals surface area contributed by atoms with Gasteiger partial charge in [-0.2, -0.15) is 0 Å². The maximum Gasteiger partial charge on any atom is 0.224 e. The molecule has 15 heavy (non-hydrogen) atoms. The van der Waals surface area contributed by atoms with Gasteiger partial charge in [0.25, 0.3) is 0 Å². The lowest BCUT2D eigenvalue weighted by Crippen LogP contribution is -2.12. The van der Waals surface area contributed by atoms with E-state index in [2.05, 4.69) is 15.5 Å². The second-order valence-corrected chi connectivity index (χ2v) is 4.31. The molecule has 0 saturated heterocycles. The zero-order chi connectivity index (χ0) is 10.8. The van der Waals surface area contributed by atoms with Crippen molar-refractivity contribution in [3.8, 4) is 0 Å². The summed E-state index contributed by atoms with van der Waals surface area (Å²) >= 11 is 11.4. The van der Waals surface area contributed by atoms with Gasteiger partial charge in [0.2, 0.25) is 5.91 Å². The molecule has 1 saturated carbocycles. The molecule has 0 spiro atoms. The Labute approximate surface area is 97.0 Å². The first-order valence-corrected chi connectivity index (χ1v) is 5.39. The molecule has 80 valence electrons. The molecule has 2 rings (SSSR count). The molecule has 4 nitrogen and oxygen atoms in total. The number of aromatic nitrogens is 2. The summed E-state index contributed by atoms with van der Waals surface area (Å²) < 4.78 is 0. The van der Waals surface area contributed by atoms with Crippen molar-refractivity contribution in [3.63, 3.8) is 0 Å². The highest BCUT2D eigenvalue weighted by molar-refractivity contribution is 6.33. The lowest BCUT2D eigenvalue weighted by molar-refractivity contribution is -0.116. The van der Waals surface area contributed by atoms with Gasteiger partial charge in [-0.05, 0) is 18.8 Å². The third kappa shape index (κ3) is 3.04. The van der Waals surface area contributed by atoms with Crippen molar-refractivity contribution in [2.45, 2.75) is 19.3 Å². The maximum absolute atomic E-state index is 11.5. The number of amides is 1. The number of hydrogen-bond donors (Lipinski definition) is 1. The largest absolute Gasteiger partial charge is 0.323 e. The summed E-state index contributed by atoms with van der Waals surface area (Å²) in [6.45, 7) is 0. The summed E-state index contributed by atoms with van der Waals surface area (Å²) in [4.78, 5) is 11.5. The molecule has 1 aliphatic carbocycles. The standard InChI is InChI=1S/C9H9Cl2N3O/c10-7-4-6(9(11)14-13-7)12-8(15)3-5-1-2-5/h4-5H,1-3H2,(H,12,13,15). The van der Waals surface area contributed by atoms with Gasteiger partial charge >= 0.3 is 0 Å². The van der Waals surface area contributed by atoms with Gasteiger partial charge in [-0.15, -0.1) is 10.2 Å². The molecular formula is C9H9Cl2N3O. The minimum atomic E-state index is -0.0523. The number of carbonyl (C=O) groups is 1. The summed E-state index contributed by atoms with van der Waals surface area (Å²) in [6, 6.07) is 1.49. The molecule has 0 aliphatic heterocycles. The normalized spacial score (nSPS) is 15.1. The first kappa shape index (κ1) is 10.6. The predicted molar refractivity (Wildman–Crippen MR) is 58.0 cm³/mol. The van der Waals surface area contributed by atoms with Gasteiger partial charge < -0.3 is 5.32 Å². The van der Waals surface area contributed by atoms with Gasteiger partial charge in [-0.3, -0.25) is 4.79 Å². The van der Waals surface area contributed by atoms with Crippen LogP contribution in [0.3, 0.4) is 0 Å². The Kier molecular flexibility index (Phi) is 3.07. The average Bonchev–Trinajstić information content (AvgIpc) is 2.95. The second kappa shape index (κ2) is 4.33. The Hall–Kier alpha value is -0.870. The molecule has 1 aliphatic rings. The molecule has 1 amide bonds. The zero-order valence-electron chi connectivity index (χ0n) is 7.83. The minimum absolute atomic E-state index is 0.0523. The van der Waals surface area contributed by atoms with Crippen LogP contribution in [0.15, 0.2) is 6.07 Å². The van der Waals surface area contributed by atoms with E-state index in [1.165, 1.54) is 6.07 Å². The molecule has 1 aromatic rings. The Morgan fingerprint density at radius 2 is 2.20 bits per heavy atom. The van der Waals surface area contributed by atoms with Gasteiger partial charge in [0.05, 0.1) is 5.69 Å². The van der Waals surface area contributed by atoms with E-state index < -0.39 is 0 Å². The molecule has 0 atom stereocenters. The van der Waals surface area contributed by atoms with Crippen LogP contribution in [0.2, 0.25) is 10.3 Å². The van der Waals surface area contributed by atoms with Crippen molar-refractivity contribution in [2.75, 3.05) is 5.32 Å². The lowest BCUT2D eigenvalue weighted by atomic mass is 10.3. The van der Waals surface area contributed by atoms with E-state index >= 15 is 0 Å². The van der Waals surface area contributed by atoms with E-state index in [1.54, 1.807) is 0 Å². The van der Waals surface area contributed by atoms with Gasteiger partial charge in [0.1, 0.15) is 0 Å². The van der Waals surface area contributed by atoms with E-state index in [0.29, 0.717) is 18.0 Å². The summed E-state index contributed by atoms with van der Waals surface area (Å²) in [5.74, 6) is 0.484. The number of rotatable bonds is 3. The molecule has 0 radical (unpaired) electrons. The first-order chi connectivity index (χ1) is 7.15.